The SMILES string of the molecule is C[C@@H]1CN(C(=O)c2ccc(-n3cnc4ccccc43)cc2)C[C@@H](C)O1. The van der Waals surface area contributed by atoms with Crippen LogP contribution >= 0.6 is 0 Å². The van der Waals surface area contributed by atoms with Crippen LogP contribution in [0.1, 0.15) is 24.2 Å². The van der Waals surface area contributed by atoms with Crippen LogP contribution in [0.4, 0.5) is 0 Å². The molecule has 4 rings (SSSR count). The summed E-state index contributed by atoms with van der Waals surface area (Å²) in [4.78, 5) is 19.0. The van der Waals surface area contributed by atoms with E-state index in [4.69, 9.17) is 4.74 Å². The largest absolute Gasteiger partial charge is 0.372 e. The second-order valence-corrected chi connectivity index (χ2v) is 6.62. The minimum Gasteiger partial charge on any atom is -0.372 e. The Labute approximate surface area is 146 Å². The lowest BCUT2D eigenvalue weighted by Gasteiger charge is -2.35. The van der Waals surface area contributed by atoms with Crippen LogP contribution < -0.4 is 0 Å². The molecule has 3 aromatic rings. The third-order valence-corrected chi connectivity index (χ3v) is 4.55. The highest BCUT2D eigenvalue weighted by molar-refractivity contribution is 5.94. The number of para-hydroxylation sites is 2. The number of nitrogens with zero attached hydrogens (tertiary/aromatic N) is 3. The molecular formula is C20H21N3O2. The number of carbonyl (C=O) groups excluding carboxylic acids is 1. The maximum atomic E-state index is 12.8. The second-order valence-electron chi connectivity index (χ2n) is 6.62. The van der Waals surface area contributed by atoms with Gasteiger partial charge in [0.15, 0.2) is 0 Å². The van der Waals surface area contributed by atoms with Gasteiger partial charge in [0.1, 0.15) is 6.33 Å². The molecule has 0 saturated carbocycles. The summed E-state index contributed by atoms with van der Waals surface area (Å²) >= 11 is 0. The Morgan fingerprint density at radius 2 is 1.72 bits per heavy atom. The van der Waals surface area contributed by atoms with Gasteiger partial charge in [-0.05, 0) is 50.2 Å². The van der Waals surface area contributed by atoms with Crippen LogP contribution in [0.2, 0.25) is 0 Å². The molecule has 5 nitrogen and oxygen atoms in total. The summed E-state index contributed by atoms with van der Waals surface area (Å²) in [5.41, 5.74) is 3.71. The van der Waals surface area contributed by atoms with E-state index in [1.807, 2.05) is 78.2 Å². The van der Waals surface area contributed by atoms with Gasteiger partial charge in [-0.1, -0.05) is 12.1 Å². The first kappa shape index (κ1) is 15.8. The fourth-order valence-corrected chi connectivity index (χ4v) is 3.46. The molecular weight excluding hydrogens is 314 g/mol. The van der Waals surface area contributed by atoms with E-state index >= 15 is 0 Å². The van der Waals surface area contributed by atoms with E-state index in [0.29, 0.717) is 18.7 Å². The molecule has 0 N–H and O–H groups in total. The minimum absolute atomic E-state index is 0.0593. The number of imidazole rings is 1. The van der Waals surface area contributed by atoms with E-state index in [1.54, 1.807) is 0 Å². The number of rotatable bonds is 2. The number of amides is 1. The van der Waals surface area contributed by atoms with Crippen LogP contribution in [0.25, 0.3) is 16.7 Å². The van der Waals surface area contributed by atoms with Crippen molar-refractivity contribution in [3.05, 3.63) is 60.4 Å². The number of aromatic nitrogens is 2. The van der Waals surface area contributed by atoms with Crippen molar-refractivity contribution in [2.45, 2.75) is 26.1 Å². The Bertz CT molecular complexity index is 891. The Morgan fingerprint density at radius 1 is 1.04 bits per heavy atom. The van der Waals surface area contributed by atoms with Crippen molar-refractivity contribution in [2.75, 3.05) is 13.1 Å². The van der Waals surface area contributed by atoms with Crippen LogP contribution in [0, 0.1) is 0 Å². The monoisotopic (exact) mass is 335 g/mol. The van der Waals surface area contributed by atoms with Gasteiger partial charge in [0.2, 0.25) is 0 Å². The summed E-state index contributed by atoms with van der Waals surface area (Å²) in [5, 5.41) is 0. The normalized spacial score (nSPS) is 20.8. The lowest BCUT2D eigenvalue weighted by molar-refractivity contribution is -0.0586. The smallest absolute Gasteiger partial charge is 0.254 e. The average Bonchev–Trinajstić information content (AvgIpc) is 3.04. The van der Waals surface area contributed by atoms with E-state index in [-0.39, 0.29) is 18.1 Å². The van der Waals surface area contributed by atoms with E-state index in [0.717, 1.165) is 16.7 Å². The number of benzene rings is 2. The number of carbonyl (C=O) groups is 1. The molecule has 0 bridgehead atoms. The van der Waals surface area contributed by atoms with Gasteiger partial charge in [-0.25, -0.2) is 4.98 Å². The van der Waals surface area contributed by atoms with Crippen molar-refractivity contribution >= 4 is 16.9 Å². The van der Waals surface area contributed by atoms with Crippen molar-refractivity contribution in [3.63, 3.8) is 0 Å². The Kier molecular flexibility index (Phi) is 4.01. The lowest BCUT2D eigenvalue weighted by atomic mass is 10.1. The third-order valence-electron chi connectivity index (χ3n) is 4.55. The summed E-state index contributed by atoms with van der Waals surface area (Å²) < 4.78 is 7.74. The van der Waals surface area contributed by atoms with E-state index in [2.05, 4.69) is 4.98 Å². The molecule has 2 aromatic carbocycles. The lowest BCUT2D eigenvalue weighted by Crippen LogP contribution is -2.48. The zero-order chi connectivity index (χ0) is 17.4. The molecule has 1 saturated heterocycles. The first-order valence-electron chi connectivity index (χ1n) is 8.59. The second kappa shape index (κ2) is 6.33. The van der Waals surface area contributed by atoms with Crippen molar-refractivity contribution in [2.24, 2.45) is 0 Å². The first-order valence-corrected chi connectivity index (χ1v) is 8.59. The van der Waals surface area contributed by atoms with Gasteiger partial charge < -0.3 is 9.64 Å². The molecule has 1 amide bonds. The van der Waals surface area contributed by atoms with Gasteiger partial charge in [0, 0.05) is 24.3 Å². The zero-order valence-electron chi connectivity index (χ0n) is 14.4. The number of hydrogen-bond acceptors (Lipinski definition) is 3. The highest BCUT2D eigenvalue weighted by Gasteiger charge is 2.26. The van der Waals surface area contributed by atoms with Crippen LogP contribution in [0.3, 0.4) is 0 Å². The minimum atomic E-state index is 0.0593. The molecule has 1 aliphatic heterocycles. The Hall–Kier alpha value is -2.66. The van der Waals surface area contributed by atoms with E-state index < -0.39 is 0 Å². The molecule has 5 heteroatoms. The number of fused-ring (bicyclic) bond motifs is 1. The van der Waals surface area contributed by atoms with Crippen LogP contribution in [0.15, 0.2) is 54.9 Å². The molecule has 1 fully saturated rings. The highest BCUT2D eigenvalue weighted by Crippen LogP contribution is 2.20. The van der Waals surface area contributed by atoms with Gasteiger partial charge in [0.25, 0.3) is 5.91 Å². The molecule has 1 aliphatic rings. The molecule has 0 aliphatic carbocycles. The fourth-order valence-electron chi connectivity index (χ4n) is 3.46. The summed E-state index contributed by atoms with van der Waals surface area (Å²) in [6.45, 7) is 5.28. The van der Waals surface area contributed by atoms with Gasteiger partial charge in [-0.15, -0.1) is 0 Å². The van der Waals surface area contributed by atoms with Crippen LogP contribution in [-0.2, 0) is 4.74 Å². The molecule has 2 heterocycles. The summed E-state index contributed by atoms with van der Waals surface area (Å²) in [6, 6.07) is 15.7. The molecule has 1 aromatic heterocycles. The van der Waals surface area contributed by atoms with Gasteiger partial charge in [0.05, 0.1) is 23.2 Å². The fraction of sp³-hybridized carbons (Fsp3) is 0.300. The third kappa shape index (κ3) is 3.03. The highest BCUT2D eigenvalue weighted by atomic mass is 16.5. The topological polar surface area (TPSA) is 47.4 Å². The maximum Gasteiger partial charge on any atom is 0.254 e. The first-order chi connectivity index (χ1) is 12.1. The molecule has 0 radical (unpaired) electrons. The number of hydrogen-bond donors (Lipinski definition) is 0. The molecule has 0 unspecified atom stereocenters. The summed E-state index contributed by atoms with van der Waals surface area (Å²) in [6.07, 6.45) is 1.96. The standard InChI is InChI=1S/C20H21N3O2/c1-14-11-22(12-15(2)25-14)20(24)16-7-9-17(10-8-16)23-13-21-18-5-3-4-6-19(18)23/h3-10,13-15H,11-12H2,1-2H3/t14-,15-/m1/s1. The van der Waals surface area contributed by atoms with E-state index in [1.165, 1.54) is 0 Å². The van der Waals surface area contributed by atoms with Crippen molar-refractivity contribution in [1.29, 1.82) is 0 Å². The molecule has 25 heavy (non-hydrogen) atoms. The predicted octanol–water partition coefficient (Wildman–Crippen LogP) is 3.27. The molecule has 0 spiro atoms. The van der Waals surface area contributed by atoms with Crippen LogP contribution in [-0.4, -0.2) is 45.7 Å². The summed E-state index contributed by atoms with van der Waals surface area (Å²) in [5.74, 6) is 0.0593. The van der Waals surface area contributed by atoms with E-state index in [9.17, 15) is 4.79 Å². The Morgan fingerprint density at radius 3 is 2.44 bits per heavy atom. The number of ether oxygens (including phenoxy) is 1. The zero-order valence-corrected chi connectivity index (χ0v) is 14.4. The van der Waals surface area contributed by atoms with Crippen LogP contribution in [0.5, 0.6) is 0 Å². The summed E-state index contributed by atoms with van der Waals surface area (Å²) in [7, 11) is 0. The quantitative estimate of drug-likeness (QED) is 0.722. The van der Waals surface area contributed by atoms with Gasteiger partial charge in [-0.2, -0.15) is 0 Å². The Balaban J connectivity index is 1.59. The molecule has 2 atom stereocenters. The predicted molar refractivity (Wildman–Crippen MR) is 97.0 cm³/mol. The van der Waals surface area contributed by atoms with Crippen molar-refractivity contribution < 1.29 is 9.53 Å². The van der Waals surface area contributed by atoms with Crippen molar-refractivity contribution in [3.8, 4) is 5.69 Å². The van der Waals surface area contributed by atoms with Gasteiger partial charge >= 0.3 is 0 Å². The maximum absolute atomic E-state index is 12.8. The van der Waals surface area contributed by atoms with Gasteiger partial charge in [-0.3, -0.25) is 9.36 Å². The average molecular weight is 335 g/mol. The van der Waals surface area contributed by atoms with Crippen molar-refractivity contribution in [1.82, 2.24) is 14.5 Å². The number of morpholine rings is 1. The molecule has 128 valence electrons.